The SMILES string of the molecule is N#Cc1ccnc(N2CCN(C(CO)CO)C[C@@H](O)C2)c1. The summed E-state index contributed by atoms with van der Waals surface area (Å²) in [6, 6.07) is 5.04. The van der Waals surface area contributed by atoms with Crippen LogP contribution in [0.25, 0.3) is 0 Å². The Bertz CT molecular complexity index is 501. The quantitative estimate of drug-likeness (QED) is 0.639. The summed E-state index contributed by atoms with van der Waals surface area (Å²) < 4.78 is 0. The lowest BCUT2D eigenvalue weighted by molar-refractivity contribution is 0.0483. The maximum atomic E-state index is 10.1. The van der Waals surface area contributed by atoms with Gasteiger partial charge in [-0.25, -0.2) is 4.98 Å². The van der Waals surface area contributed by atoms with Crippen LogP contribution in [0.5, 0.6) is 0 Å². The monoisotopic (exact) mass is 292 g/mol. The fourth-order valence-electron chi connectivity index (χ4n) is 2.50. The summed E-state index contributed by atoms with van der Waals surface area (Å²) in [6.07, 6.45) is 0.966. The molecule has 0 aliphatic carbocycles. The normalized spacial score (nSPS) is 20.3. The van der Waals surface area contributed by atoms with Crippen LogP contribution < -0.4 is 4.90 Å². The zero-order valence-corrected chi connectivity index (χ0v) is 11.8. The molecule has 2 heterocycles. The number of nitriles is 1. The second kappa shape index (κ2) is 7.33. The summed E-state index contributed by atoms with van der Waals surface area (Å²) in [6.45, 7) is 1.70. The Balaban J connectivity index is 2.11. The molecule has 1 fully saturated rings. The van der Waals surface area contributed by atoms with E-state index >= 15 is 0 Å². The lowest BCUT2D eigenvalue weighted by Crippen LogP contribution is -2.44. The zero-order valence-electron chi connectivity index (χ0n) is 11.8. The Kier molecular flexibility index (Phi) is 5.47. The van der Waals surface area contributed by atoms with E-state index in [4.69, 9.17) is 5.26 Å². The van der Waals surface area contributed by atoms with E-state index in [1.165, 1.54) is 0 Å². The molecule has 0 unspecified atom stereocenters. The van der Waals surface area contributed by atoms with Crippen molar-refractivity contribution in [1.29, 1.82) is 5.26 Å². The zero-order chi connectivity index (χ0) is 15.2. The second-order valence-electron chi connectivity index (χ2n) is 5.13. The molecule has 7 nitrogen and oxygen atoms in total. The van der Waals surface area contributed by atoms with Crippen molar-refractivity contribution in [3.05, 3.63) is 23.9 Å². The molecule has 1 atom stereocenters. The molecular formula is C14H20N4O3. The highest BCUT2D eigenvalue weighted by Gasteiger charge is 2.26. The molecule has 114 valence electrons. The number of aromatic nitrogens is 1. The van der Waals surface area contributed by atoms with Gasteiger partial charge in [0.1, 0.15) is 5.82 Å². The van der Waals surface area contributed by atoms with E-state index in [0.29, 0.717) is 37.6 Å². The molecular weight excluding hydrogens is 272 g/mol. The molecule has 1 aromatic heterocycles. The van der Waals surface area contributed by atoms with Gasteiger partial charge in [0.05, 0.1) is 37.0 Å². The van der Waals surface area contributed by atoms with E-state index in [1.54, 1.807) is 18.3 Å². The van der Waals surface area contributed by atoms with Crippen molar-refractivity contribution in [2.24, 2.45) is 0 Å². The minimum atomic E-state index is -0.611. The third-order valence-electron chi connectivity index (χ3n) is 3.67. The predicted molar refractivity (Wildman–Crippen MR) is 76.7 cm³/mol. The van der Waals surface area contributed by atoms with Crippen LogP contribution >= 0.6 is 0 Å². The Labute approximate surface area is 123 Å². The molecule has 0 bridgehead atoms. The maximum absolute atomic E-state index is 10.1. The number of nitrogens with zero attached hydrogens (tertiary/aromatic N) is 4. The van der Waals surface area contributed by atoms with Crippen molar-refractivity contribution in [2.45, 2.75) is 12.1 Å². The van der Waals surface area contributed by atoms with E-state index in [0.717, 1.165) is 0 Å². The second-order valence-corrected chi connectivity index (χ2v) is 5.13. The average Bonchev–Trinajstić information content (AvgIpc) is 2.70. The number of β-amino-alcohol motifs (C(OH)–C–C–N with tert-alkyl or cyclic N) is 1. The standard InChI is InChI=1S/C14H20N4O3/c15-6-11-1-2-16-14(5-11)18-4-3-17(7-13(21)8-18)12(9-19)10-20/h1-2,5,12-13,19-21H,3-4,7-10H2/t13-/m1/s1. The summed E-state index contributed by atoms with van der Waals surface area (Å²) in [7, 11) is 0. The lowest BCUT2D eigenvalue weighted by atomic mass is 10.2. The number of pyridine rings is 1. The molecule has 0 saturated carbocycles. The van der Waals surface area contributed by atoms with Gasteiger partial charge in [0.2, 0.25) is 0 Å². The van der Waals surface area contributed by atoms with Gasteiger partial charge in [-0.15, -0.1) is 0 Å². The molecule has 7 heteroatoms. The van der Waals surface area contributed by atoms with Crippen LogP contribution in [0.15, 0.2) is 18.3 Å². The number of aliphatic hydroxyl groups excluding tert-OH is 3. The first kappa shape index (κ1) is 15.7. The lowest BCUT2D eigenvalue weighted by Gasteiger charge is -2.28. The Morgan fingerprint density at radius 3 is 2.76 bits per heavy atom. The van der Waals surface area contributed by atoms with Gasteiger partial charge in [0.25, 0.3) is 0 Å². The average molecular weight is 292 g/mol. The summed E-state index contributed by atoms with van der Waals surface area (Å²) in [5.41, 5.74) is 0.527. The third-order valence-corrected chi connectivity index (χ3v) is 3.67. The van der Waals surface area contributed by atoms with Gasteiger partial charge in [-0.2, -0.15) is 5.26 Å². The minimum absolute atomic E-state index is 0.147. The van der Waals surface area contributed by atoms with Gasteiger partial charge >= 0.3 is 0 Å². The van der Waals surface area contributed by atoms with E-state index < -0.39 is 6.10 Å². The molecule has 1 aromatic rings. The molecule has 0 spiro atoms. The van der Waals surface area contributed by atoms with Gasteiger partial charge in [-0.1, -0.05) is 0 Å². The van der Waals surface area contributed by atoms with Crippen molar-refractivity contribution in [1.82, 2.24) is 9.88 Å². The highest BCUT2D eigenvalue weighted by atomic mass is 16.3. The van der Waals surface area contributed by atoms with E-state index in [9.17, 15) is 15.3 Å². The van der Waals surface area contributed by atoms with Crippen molar-refractivity contribution in [3.8, 4) is 6.07 Å². The minimum Gasteiger partial charge on any atom is -0.395 e. The molecule has 0 amide bonds. The van der Waals surface area contributed by atoms with Crippen LogP contribution in [0.1, 0.15) is 5.56 Å². The van der Waals surface area contributed by atoms with Crippen molar-refractivity contribution < 1.29 is 15.3 Å². The fourth-order valence-corrected chi connectivity index (χ4v) is 2.50. The number of rotatable bonds is 4. The highest BCUT2D eigenvalue weighted by molar-refractivity contribution is 5.45. The Morgan fingerprint density at radius 1 is 1.33 bits per heavy atom. The maximum Gasteiger partial charge on any atom is 0.129 e. The summed E-state index contributed by atoms with van der Waals surface area (Å²) in [4.78, 5) is 8.03. The van der Waals surface area contributed by atoms with Gasteiger partial charge in [0, 0.05) is 32.4 Å². The first-order valence-electron chi connectivity index (χ1n) is 6.93. The molecule has 0 aromatic carbocycles. The molecule has 2 rings (SSSR count). The topological polar surface area (TPSA) is 104 Å². The molecule has 1 saturated heterocycles. The number of hydrogen-bond donors (Lipinski definition) is 3. The van der Waals surface area contributed by atoms with E-state index in [1.807, 2.05) is 9.80 Å². The first-order valence-corrected chi connectivity index (χ1v) is 6.93. The van der Waals surface area contributed by atoms with Crippen LogP contribution in [-0.4, -0.2) is 76.7 Å². The first-order chi connectivity index (χ1) is 10.2. The van der Waals surface area contributed by atoms with Crippen LogP contribution in [0.4, 0.5) is 5.82 Å². The predicted octanol–water partition coefficient (Wildman–Crippen LogP) is -1.21. The summed E-state index contributed by atoms with van der Waals surface area (Å²) >= 11 is 0. The molecule has 21 heavy (non-hydrogen) atoms. The van der Waals surface area contributed by atoms with Crippen LogP contribution in [0, 0.1) is 11.3 Å². The van der Waals surface area contributed by atoms with Gasteiger partial charge in [0.15, 0.2) is 0 Å². The van der Waals surface area contributed by atoms with E-state index in [-0.39, 0.29) is 19.3 Å². The number of hydrogen-bond acceptors (Lipinski definition) is 7. The van der Waals surface area contributed by atoms with Crippen molar-refractivity contribution >= 4 is 5.82 Å². The number of aliphatic hydroxyl groups is 3. The number of anilines is 1. The largest absolute Gasteiger partial charge is 0.395 e. The van der Waals surface area contributed by atoms with Crippen LogP contribution in [-0.2, 0) is 0 Å². The summed E-state index contributed by atoms with van der Waals surface area (Å²) in [5, 5.41) is 37.6. The van der Waals surface area contributed by atoms with Crippen molar-refractivity contribution in [2.75, 3.05) is 44.3 Å². The Hall–Kier alpha value is -1.72. The molecule has 1 aliphatic rings. The van der Waals surface area contributed by atoms with Gasteiger partial charge in [-0.05, 0) is 12.1 Å². The third kappa shape index (κ3) is 3.89. The smallest absolute Gasteiger partial charge is 0.129 e. The van der Waals surface area contributed by atoms with Gasteiger partial charge in [-0.3, -0.25) is 4.90 Å². The fraction of sp³-hybridized carbons (Fsp3) is 0.571. The van der Waals surface area contributed by atoms with Crippen LogP contribution in [0.3, 0.4) is 0 Å². The van der Waals surface area contributed by atoms with Crippen LogP contribution in [0.2, 0.25) is 0 Å². The van der Waals surface area contributed by atoms with E-state index in [2.05, 4.69) is 11.1 Å². The molecule has 1 aliphatic heterocycles. The van der Waals surface area contributed by atoms with Crippen molar-refractivity contribution in [3.63, 3.8) is 0 Å². The molecule has 0 radical (unpaired) electrons. The van der Waals surface area contributed by atoms with Gasteiger partial charge < -0.3 is 20.2 Å². The Morgan fingerprint density at radius 2 is 2.10 bits per heavy atom. The summed E-state index contributed by atoms with van der Waals surface area (Å²) in [5.74, 6) is 0.652. The highest BCUT2D eigenvalue weighted by Crippen LogP contribution is 2.16. The molecule has 3 N–H and O–H groups in total.